The minimum Gasteiger partial charge on any atom is -0.322 e. The van der Waals surface area contributed by atoms with Crippen LogP contribution < -0.4 is 5.32 Å². The number of rotatable bonds is 5. The van der Waals surface area contributed by atoms with Crippen LogP contribution in [0.5, 0.6) is 0 Å². The number of nitrogens with one attached hydrogen (secondary N) is 1. The molecule has 1 unspecified atom stereocenters. The highest BCUT2D eigenvalue weighted by molar-refractivity contribution is 5.97. The van der Waals surface area contributed by atoms with Gasteiger partial charge >= 0.3 is 0 Å². The van der Waals surface area contributed by atoms with Crippen molar-refractivity contribution >= 4 is 17.5 Å². The zero-order valence-corrected chi connectivity index (χ0v) is 15.2. The van der Waals surface area contributed by atoms with Gasteiger partial charge in [-0.3, -0.25) is 9.59 Å². The SMILES string of the molecule is CC(C)C1C(=O)NC(c2ccccc2)=CN1C(=O)CCc1ccccc1. The molecule has 3 rings (SSSR count). The second kappa shape index (κ2) is 8.00. The molecule has 4 nitrogen and oxygen atoms in total. The lowest BCUT2D eigenvalue weighted by atomic mass is 9.98. The van der Waals surface area contributed by atoms with Crippen molar-refractivity contribution in [3.05, 3.63) is 78.0 Å². The fourth-order valence-electron chi connectivity index (χ4n) is 3.23. The molecule has 1 aliphatic heterocycles. The maximum Gasteiger partial charge on any atom is 0.247 e. The molecule has 4 heteroatoms. The van der Waals surface area contributed by atoms with Crippen molar-refractivity contribution in [3.8, 4) is 0 Å². The lowest BCUT2D eigenvalue weighted by molar-refractivity contribution is -0.139. The van der Waals surface area contributed by atoms with Gasteiger partial charge in [0.1, 0.15) is 6.04 Å². The Morgan fingerprint density at radius 2 is 1.65 bits per heavy atom. The Morgan fingerprint density at radius 3 is 2.27 bits per heavy atom. The number of benzene rings is 2. The Balaban J connectivity index is 1.84. The molecule has 2 amide bonds. The van der Waals surface area contributed by atoms with Crippen LogP contribution in [0, 0.1) is 5.92 Å². The average Bonchev–Trinajstić information content (AvgIpc) is 2.66. The van der Waals surface area contributed by atoms with Crippen LogP contribution in [0.2, 0.25) is 0 Å². The van der Waals surface area contributed by atoms with Crippen molar-refractivity contribution in [3.63, 3.8) is 0 Å². The van der Waals surface area contributed by atoms with E-state index in [-0.39, 0.29) is 17.7 Å². The lowest BCUT2D eigenvalue weighted by Crippen LogP contribution is -2.53. The maximum absolute atomic E-state index is 12.9. The molecule has 0 saturated carbocycles. The van der Waals surface area contributed by atoms with Gasteiger partial charge < -0.3 is 10.2 Å². The molecule has 134 valence electrons. The molecule has 0 bridgehead atoms. The number of carbonyl (C=O) groups is 2. The van der Waals surface area contributed by atoms with Gasteiger partial charge in [-0.1, -0.05) is 74.5 Å². The minimum atomic E-state index is -0.481. The number of nitrogens with zero attached hydrogens (tertiary/aromatic N) is 1. The predicted octanol–water partition coefficient (Wildman–Crippen LogP) is 3.60. The fourth-order valence-corrected chi connectivity index (χ4v) is 3.23. The van der Waals surface area contributed by atoms with E-state index in [0.717, 1.165) is 11.1 Å². The van der Waals surface area contributed by atoms with Gasteiger partial charge in [-0.25, -0.2) is 0 Å². The summed E-state index contributed by atoms with van der Waals surface area (Å²) in [6, 6.07) is 19.1. The van der Waals surface area contributed by atoms with Crippen LogP contribution in [-0.2, 0) is 16.0 Å². The third-order valence-electron chi connectivity index (χ3n) is 4.57. The molecule has 2 aromatic carbocycles. The van der Waals surface area contributed by atoms with E-state index in [1.807, 2.05) is 74.5 Å². The molecule has 1 heterocycles. The zero-order valence-electron chi connectivity index (χ0n) is 15.2. The number of carbonyl (C=O) groups excluding carboxylic acids is 2. The van der Waals surface area contributed by atoms with Crippen LogP contribution in [0.15, 0.2) is 66.9 Å². The van der Waals surface area contributed by atoms with E-state index >= 15 is 0 Å². The first-order valence-corrected chi connectivity index (χ1v) is 8.99. The number of hydrogen-bond acceptors (Lipinski definition) is 2. The van der Waals surface area contributed by atoms with E-state index in [2.05, 4.69) is 5.32 Å². The van der Waals surface area contributed by atoms with Gasteiger partial charge in [-0.15, -0.1) is 0 Å². The van der Waals surface area contributed by atoms with Crippen molar-refractivity contribution < 1.29 is 9.59 Å². The molecule has 0 radical (unpaired) electrons. The summed E-state index contributed by atoms with van der Waals surface area (Å²) in [7, 11) is 0. The van der Waals surface area contributed by atoms with Crippen LogP contribution in [0.25, 0.3) is 5.70 Å². The van der Waals surface area contributed by atoms with E-state index in [1.54, 1.807) is 11.1 Å². The van der Waals surface area contributed by atoms with Crippen molar-refractivity contribution in [2.24, 2.45) is 5.92 Å². The van der Waals surface area contributed by atoms with Gasteiger partial charge in [-0.05, 0) is 23.5 Å². The standard InChI is InChI=1S/C22H24N2O2/c1-16(2)21-22(26)23-19(18-11-7-4-8-12-18)15-24(21)20(25)14-13-17-9-5-3-6-10-17/h3-12,15-16,21H,13-14H2,1-2H3,(H,23,26). The van der Waals surface area contributed by atoms with Gasteiger partial charge in [-0.2, -0.15) is 0 Å². The monoisotopic (exact) mass is 348 g/mol. The Labute approximate surface area is 154 Å². The molecule has 26 heavy (non-hydrogen) atoms. The van der Waals surface area contributed by atoms with Crippen LogP contribution in [-0.4, -0.2) is 22.8 Å². The topological polar surface area (TPSA) is 49.4 Å². The third-order valence-corrected chi connectivity index (χ3v) is 4.57. The molecular weight excluding hydrogens is 324 g/mol. The van der Waals surface area contributed by atoms with E-state index < -0.39 is 6.04 Å². The van der Waals surface area contributed by atoms with E-state index in [0.29, 0.717) is 18.5 Å². The summed E-state index contributed by atoms with van der Waals surface area (Å²) in [6.45, 7) is 3.92. The van der Waals surface area contributed by atoms with E-state index in [4.69, 9.17) is 0 Å². The number of amides is 2. The largest absolute Gasteiger partial charge is 0.322 e. The second-order valence-corrected chi connectivity index (χ2v) is 6.87. The van der Waals surface area contributed by atoms with Crippen molar-refractivity contribution in [1.29, 1.82) is 0 Å². The highest BCUT2D eigenvalue weighted by atomic mass is 16.2. The average molecular weight is 348 g/mol. The molecule has 0 aliphatic carbocycles. The summed E-state index contributed by atoms with van der Waals surface area (Å²) in [6.07, 6.45) is 2.82. The van der Waals surface area contributed by atoms with Crippen LogP contribution in [0.4, 0.5) is 0 Å². The summed E-state index contributed by atoms with van der Waals surface area (Å²) in [5.74, 6) is -0.130. The first-order valence-electron chi connectivity index (χ1n) is 8.99. The van der Waals surface area contributed by atoms with Crippen LogP contribution in [0.1, 0.15) is 31.4 Å². The molecule has 1 aliphatic rings. The molecule has 0 spiro atoms. The maximum atomic E-state index is 12.9. The fraction of sp³-hybridized carbons (Fsp3) is 0.273. The van der Waals surface area contributed by atoms with Crippen molar-refractivity contribution in [1.82, 2.24) is 10.2 Å². The highest BCUT2D eigenvalue weighted by Gasteiger charge is 2.35. The van der Waals surface area contributed by atoms with E-state index in [9.17, 15) is 9.59 Å². The summed E-state index contributed by atoms with van der Waals surface area (Å²) >= 11 is 0. The Hall–Kier alpha value is -2.88. The smallest absolute Gasteiger partial charge is 0.247 e. The zero-order chi connectivity index (χ0) is 18.5. The minimum absolute atomic E-state index is 0.0316. The van der Waals surface area contributed by atoms with Crippen LogP contribution in [0.3, 0.4) is 0 Å². The van der Waals surface area contributed by atoms with Gasteiger partial charge in [0.05, 0.1) is 5.70 Å². The van der Waals surface area contributed by atoms with Gasteiger partial charge in [0.25, 0.3) is 0 Å². The predicted molar refractivity (Wildman–Crippen MR) is 103 cm³/mol. The van der Waals surface area contributed by atoms with E-state index in [1.165, 1.54) is 0 Å². The highest BCUT2D eigenvalue weighted by Crippen LogP contribution is 2.23. The molecule has 0 fully saturated rings. The van der Waals surface area contributed by atoms with Gasteiger partial charge in [0, 0.05) is 12.6 Å². The lowest BCUT2D eigenvalue weighted by Gasteiger charge is -2.35. The summed E-state index contributed by atoms with van der Waals surface area (Å²) in [5.41, 5.74) is 2.68. The Morgan fingerprint density at radius 1 is 1.04 bits per heavy atom. The number of hydrogen-bond donors (Lipinski definition) is 1. The molecule has 0 saturated heterocycles. The van der Waals surface area contributed by atoms with Gasteiger partial charge in [0.2, 0.25) is 11.8 Å². The molecular formula is C22H24N2O2. The number of aryl methyl sites for hydroxylation is 1. The quantitative estimate of drug-likeness (QED) is 0.897. The summed E-state index contributed by atoms with van der Waals surface area (Å²) < 4.78 is 0. The molecule has 2 aromatic rings. The molecule has 1 N–H and O–H groups in total. The summed E-state index contributed by atoms with van der Waals surface area (Å²) in [4.78, 5) is 27.2. The first kappa shape index (κ1) is 17.9. The molecule has 1 atom stereocenters. The van der Waals surface area contributed by atoms with Crippen molar-refractivity contribution in [2.75, 3.05) is 0 Å². The van der Waals surface area contributed by atoms with Crippen LogP contribution >= 0.6 is 0 Å². The van der Waals surface area contributed by atoms with Gasteiger partial charge in [0.15, 0.2) is 0 Å². The second-order valence-electron chi connectivity index (χ2n) is 6.87. The molecule has 0 aromatic heterocycles. The summed E-state index contributed by atoms with van der Waals surface area (Å²) in [5, 5.41) is 2.95. The normalized spacial score (nSPS) is 17.0. The Kier molecular flexibility index (Phi) is 5.52. The first-order chi connectivity index (χ1) is 12.6. The third kappa shape index (κ3) is 4.02. The Bertz CT molecular complexity index is 797. The van der Waals surface area contributed by atoms with Crippen molar-refractivity contribution in [2.45, 2.75) is 32.7 Å².